The number of hydrogen-bond acceptors (Lipinski definition) is 2. The van der Waals surface area contributed by atoms with Crippen molar-refractivity contribution in [1.29, 1.82) is 0 Å². The third kappa shape index (κ3) is 4.20. The highest BCUT2D eigenvalue weighted by molar-refractivity contribution is 6.30. The molecule has 0 saturated heterocycles. The predicted molar refractivity (Wildman–Crippen MR) is 64.2 cm³/mol. The van der Waals surface area contributed by atoms with Gasteiger partial charge in [-0.25, -0.2) is 0 Å². The van der Waals surface area contributed by atoms with E-state index in [1.54, 1.807) is 6.92 Å². The number of halogens is 1. The normalized spacial score (nSPS) is 14.9. The Morgan fingerprint density at radius 2 is 1.93 bits per heavy atom. The molecule has 0 radical (unpaired) electrons. The quantitative estimate of drug-likeness (QED) is 0.811. The van der Waals surface area contributed by atoms with Crippen molar-refractivity contribution in [3.63, 3.8) is 0 Å². The van der Waals surface area contributed by atoms with Crippen LogP contribution in [0, 0.1) is 0 Å². The van der Waals surface area contributed by atoms with E-state index in [1.165, 1.54) is 5.56 Å². The minimum absolute atomic E-state index is 0.289. The van der Waals surface area contributed by atoms with Crippen molar-refractivity contribution in [2.45, 2.75) is 32.4 Å². The number of aliphatic hydroxyl groups is 1. The molecule has 0 amide bonds. The standard InChI is InChI=1S/C12H18ClNO/c1-3-12(14-8-9(2)15)10-4-6-11(13)7-5-10/h4-7,9,12,14-15H,3,8H2,1-2H3. The van der Waals surface area contributed by atoms with Crippen LogP contribution >= 0.6 is 11.6 Å². The molecule has 2 atom stereocenters. The van der Waals surface area contributed by atoms with Gasteiger partial charge < -0.3 is 10.4 Å². The summed E-state index contributed by atoms with van der Waals surface area (Å²) < 4.78 is 0. The molecule has 0 saturated carbocycles. The van der Waals surface area contributed by atoms with Crippen LogP contribution < -0.4 is 5.32 Å². The molecule has 0 aliphatic rings. The molecule has 1 aromatic rings. The van der Waals surface area contributed by atoms with Gasteiger partial charge >= 0.3 is 0 Å². The first-order valence-electron chi connectivity index (χ1n) is 5.30. The predicted octanol–water partition coefficient (Wildman–Crippen LogP) is 2.76. The SMILES string of the molecule is CCC(NCC(C)O)c1ccc(Cl)cc1. The Morgan fingerprint density at radius 1 is 1.33 bits per heavy atom. The zero-order valence-electron chi connectivity index (χ0n) is 9.20. The molecule has 2 N–H and O–H groups in total. The highest BCUT2D eigenvalue weighted by atomic mass is 35.5. The summed E-state index contributed by atoms with van der Waals surface area (Å²) in [5.41, 5.74) is 1.21. The Balaban J connectivity index is 2.61. The fourth-order valence-electron chi connectivity index (χ4n) is 1.51. The van der Waals surface area contributed by atoms with Crippen LogP contribution in [0.1, 0.15) is 31.9 Å². The zero-order chi connectivity index (χ0) is 11.3. The smallest absolute Gasteiger partial charge is 0.0636 e. The lowest BCUT2D eigenvalue weighted by Gasteiger charge is -2.18. The molecule has 1 aromatic carbocycles. The summed E-state index contributed by atoms with van der Waals surface area (Å²) in [6, 6.07) is 8.11. The molecule has 0 heterocycles. The monoisotopic (exact) mass is 227 g/mol. The molecule has 0 aliphatic heterocycles. The Hall–Kier alpha value is -0.570. The van der Waals surface area contributed by atoms with Crippen molar-refractivity contribution < 1.29 is 5.11 Å². The maximum Gasteiger partial charge on any atom is 0.0636 e. The van der Waals surface area contributed by atoms with Gasteiger partial charge in [0.2, 0.25) is 0 Å². The second kappa shape index (κ2) is 6.11. The lowest BCUT2D eigenvalue weighted by atomic mass is 10.0. The van der Waals surface area contributed by atoms with Gasteiger partial charge in [0, 0.05) is 17.6 Å². The number of nitrogens with one attached hydrogen (secondary N) is 1. The second-order valence-corrected chi connectivity index (χ2v) is 4.21. The van der Waals surface area contributed by atoms with Crippen LogP contribution in [0.15, 0.2) is 24.3 Å². The van der Waals surface area contributed by atoms with E-state index in [0.717, 1.165) is 11.4 Å². The summed E-state index contributed by atoms with van der Waals surface area (Å²) in [6.45, 7) is 4.51. The molecule has 84 valence electrons. The van der Waals surface area contributed by atoms with Crippen molar-refractivity contribution in [2.75, 3.05) is 6.54 Å². The van der Waals surface area contributed by atoms with E-state index in [-0.39, 0.29) is 12.1 Å². The maximum absolute atomic E-state index is 9.20. The first-order valence-corrected chi connectivity index (χ1v) is 5.68. The average molecular weight is 228 g/mol. The number of benzene rings is 1. The molecule has 15 heavy (non-hydrogen) atoms. The lowest BCUT2D eigenvalue weighted by Crippen LogP contribution is -2.28. The third-order valence-corrected chi connectivity index (χ3v) is 2.59. The van der Waals surface area contributed by atoms with Crippen molar-refractivity contribution in [2.24, 2.45) is 0 Å². The summed E-state index contributed by atoms with van der Waals surface area (Å²) in [6.07, 6.45) is 0.681. The molecule has 0 spiro atoms. The van der Waals surface area contributed by atoms with E-state index >= 15 is 0 Å². The topological polar surface area (TPSA) is 32.3 Å². The van der Waals surface area contributed by atoms with Crippen molar-refractivity contribution in [3.8, 4) is 0 Å². The molecular weight excluding hydrogens is 210 g/mol. The second-order valence-electron chi connectivity index (χ2n) is 3.77. The van der Waals surface area contributed by atoms with Crippen molar-refractivity contribution in [1.82, 2.24) is 5.32 Å². The molecule has 2 unspecified atom stereocenters. The Labute approximate surface area is 96.3 Å². The van der Waals surface area contributed by atoms with E-state index in [0.29, 0.717) is 6.54 Å². The van der Waals surface area contributed by atoms with E-state index < -0.39 is 0 Å². The van der Waals surface area contributed by atoms with Gasteiger partial charge in [-0.2, -0.15) is 0 Å². The first kappa shape index (κ1) is 12.5. The molecule has 0 fully saturated rings. The summed E-state index contributed by atoms with van der Waals surface area (Å²) in [5.74, 6) is 0. The van der Waals surface area contributed by atoms with Crippen molar-refractivity contribution >= 4 is 11.6 Å². The first-order chi connectivity index (χ1) is 7.13. The van der Waals surface area contributed by atoms with Gasteiger partial charge in [-0.1, -0.05) is 30.7 Å². The van der Waals surface area contributed by atoms with Gasteiger partial charge in [-0.3, -0.25) is 0 Å². The zero-order valence-corrected chi connectivity index (χ0v) is 9.96. The van der Waals surface area contributed by atoms with Crippen LogP contribution in [0.5, 0.6) is 0 Å². The van der Waals surface area contributed by atoms with E-state index in [9.17, 15) is 5.11 Å². The van der Waals surface area contributed by atoms with Crippen LogP contribution in [0.2, 0.25) is 5.02 Å². The molecular formula is C12H18ClNO. The van der Waals surface area contributed by atoms with Gasteiger partial charge in [0.1, 0.15) is 0 Å². The highest BCUT2D eigenvalue weighted by Crippen LogP contribution is 2.18. The van der Waals surface area contributed by atoms with Crippen LogP contribution in [-0.4, -0.2) is 17.8 Å². The molecule has 3 heteroatoms. The number of rotatable bonds is 5. The molecule has 2 nitrogen and oxygen atoms in total. The van der Waals surface area contributed by atoms with Crippen LogP contribution in [-0.2, 0) is 0 Å². The fraction of sp³-hybridized carbons (Fsp3) is 0.500. The maximum atomic E-state index is 9.20. The Morgan fingerprint density at radius 3 is 2.40 bits per heavy atom. The van der Waals surface area contributed by atoms with Gasteiger partial charge in [0.25, 0.3) is 0 Å². The van der Waals surface area contributed by atoms with E-state index in [2.05, 4.69) is 12.2 Å². The minimum atomic E-state index is -0.314. The molecule has 0 aliphatic carbocycles. The van der Waals surface area contributed by atoms with Crippen LogP contribution in [0.3, 0.4) is 0 Å². The largest absolute Gasteiger partial charge is 0.392 e. The van der Waals surface area contributed by atoms with E-state index in [4.69, 9.17) is 11.6 Å². The van der Waals surface area contributed by atoms with Gasteiger partial charge in [0.15, 0.2) is 0 Å². The van der Waals surface area contributed by atoms with Gasteiger partial charge in [-0.15, -0.1) is 0 Å². The summed E-state index contributed by atoms with van der Waals surface area (Å²) >= 11 is 5.83. The van der Waals surface area contributed by atoms with Crippen molar-refractivity contribution in [3.05, 3.63) is 34.9 Å². The van der Waals surface area contributed by atoms with Crippen LogP contribution in [0.4, 0.5) is 0 Å². The van der Waals surface area contributed by atoms with E-state index in [1.807, 2.05) is 24.3 Å². The molecule has 1 rings (SSSR count). The summed E-state index contributed by atoms with van der Waals surface area (Å²) in [5, 5.41) is 13.3. The fourth-order valence-corrected chi connectivity index (χ4v) is 1.63. The Kier molecular flexibility index (Phi) is 5.09. The summed E-state index contributed by atoms with van der Waals surface area (Å²) in [7, 11) is 0. The molecule has 0 bridgehead atoms. The average Bonchev–Trinajstić information content (AvgIpc) is 2.21. The van der Waals surface area contributed by atoms with Gasteiger partial charge in [0.05, 0.1) is 6.10 Å². The number of aliphatic hydroxyl groups excluding tert-OH is 1. The summed E-state index contributed by atoms with van der Waals surface area (Å²) in [4.78, 5) is 0. The number of hydrogen-bond donors (Lipinski definition) is 2. The third-order valence-electron chi connectivity index (χ3n) is 2.34. The van der Waals surface area contributed by atoms with Gasteiger partial charge in [-0.05, 0) is 31.0 Å². The van der Waals surface area contributed by atoms with Crippen LogP contribution in [0.25, 0.3) is 0 Å². The lowest BCUT2D eigenvalue weighted by molar-refractivity contribution is 0.185. The molecule has 0 aromatic heterocycles. The highest BCUT2D eigenvalue weighted by Gasteiger charge is 2.08. The minimum Gasteiger partial charge on any atom is -0.392 e. The Bertz CT molecular complexity index is 284.